The van der Waals surface area contributed by atoms with Crippen LogP contribution in [-0.4, -0.2) is 29.2 Å². The Morgan fingerprint density at radius 3 is 2.08 bits per heavy atom. The van der Waals surface area contributed by atoms with Gasteiger partial charge in [0.25, 0.3) is 5.91 Å². The Balaban J connectivity index is 1.44. The highest BCUT2D eigenvalue weighted by Gasteiger charge is 2.43. The van der Waals surface area contributed by atoms with Crippen molar-refractivity contribution >= 4 is 50.9 Å². The van der Waals surface area contributed by atoms with Crippen molar-refractivity contribution in [3.8, 4) is 11.2 Å². The van der Waals surface area contributed by atoms with Gasteiger partial charge >= 0.3 is 0 Å². The molecule has 3 nitrogen and oxygen atoms in total. The van der Waals surface area contributed by atoms with Gasteiger partial charge in [-0.2, -0.15) is 0 Å². The van der Waals surface area contributed by atoms with Crippen LogP contribution in [0.25, 0.3) is 27.5 Å². The first-order chi connectivity index (χ1) is 18.6. The first-order valence-electron chi connectivity index (χ1n) is 12.7. The molecule has 4 aromatic carbocycles. The zero-order chi connectivity index (χ0) is 26.2. The molecule has 184 valence electrons. The molecule has 2 aliphatic rings. The second-order valence-electron chi connectivity index (χ2n) is 9.63. The van der Waals surface area contributed by atoms with Gasteiger partial charge in [0.15, 0.2) is 5.78 Å². The van der Waals surface area contributed by atoms with Crippen molar-refractivity contribution in [1.29, 1.82) is 0 Å². The number of ketones is 1. The number of nitrogens with zero attached hydrogens (tertiary/aromatic N) is 1. The molecule has 0 radical (unpaired) electrons. The van der Waals surface area contributed by atoms with E-state index in [1.165, 1.54) is 11.8 Å². The second-order valence-corrected chi connectivity index (χ2v) is 10.5. The van der Waals surface area contributed by atoms with Crippen molar-refractivity contribution in [2.75, 3.05) is 6.54 Å². The largest absolute Gasteiger partial charge is 0.325 e. The zero-order valence-electron chi connectivity index (χ0n) is 21.2. The maximum Gasteiger partial charge on any atom is 0.259 e. The van der Waals surface area contributed by atoms with Crippen LogP contribution in [0.4, 0.5) is 0 Å². The lowest BCUT2D eigenvalue weighted by atomic mass is 9.95. The third-order valence-electron chi connectivity index (χ3n) is 7.04. The molecule has 0 saturated heterocycles. The molecular weight excluding hydrogens is 486 g/mol. The van der Waals surface area contributed by atoms with Gasteiger partial charge in [-0.3, -0.25) is 9.59 Å². The van der Waals surface area contributed by atoms with E-state index in [0.717, 1.165) is 43.5 Å². The monoisotopic (exact) mass is 511 g/mol. The van der Waals surface area contributed by atoms with Crippen molar-refractivity contribution in [1.82, 2.24) is 4.90 Å². The number of hydrogen-bond donors (Lipinski definition) is 0. The number of carbonyl (C=O) groups excluding carboxylic acids is 2. The summed E-state index contributed by atoms with van der Waals surface area (Å²) in [4.78, 5) is 31.1. The predicted molar refractivity (Wildman–Crippen MR) is 156 cm³/mol. The summed E-state index contributed by atoms with van der Waals surface area (Å²) in [6, 6.07) is 31.8. The lowest BCUT2D eigenvalue weighted by Crippen LogP contribution is -2.39. The summed E-state index contributed by atoms with van der Waals surface area (Å²) < 4.78 is 0. The molecule has 0 aliphatic heterocycles. The summed E-state index contributed by atoms with van der Waals surface area (Å²) in [5.41, 5.74) is 5.25. The van der Waals surface area contributed by atoms with Gasteiger partial charge in [0.2, 0.25) is 0 Å². The fraction of sp³-hybridized carbons (Fsp3) is 0.118. The minimum Gasteiger partial charge on any atom is -0.325 e. The minimum atomic E-state index is -0.271. The van der Waals surface area contributed by atoms with E-state index < -0.39 is 0 Å². The van der Waals surface area contributed by atoms with Crippen LogP contribution in [-0.2, 0) is 9.59 Å². The molecule has 0 atom stereocenters. The molecule has 4 heteroatoms. The maximum atomic E-state index is 14.2. The van der Waals surface area contributed by atoms with Crippen LogP contribution >= 0.6 is 11.8 Å². The van der Waals surface area contributed by atoms with Gasteiger partial charge in [-0.05, 0) is 70.5 Å². The molecule has 0 fully saturated rings. The molecule has 0 saturated carbocycles. The van der Waals surface area contributed by atoms with Crippen molar-refractivity contribution in [2.45, 2.75) is 24.8 Å². The quantitative estimate of drug-likeness (QED) is 0.163. The molecule has 6 rings (SSSR count). The number of allylic oxidation sites excluding steroid dienone is 3. The molecule has 0 heterocycles. The van der Waals surface area contributed by atoms with Gasteiger partial charge in [-0.15, -0.1) is 0 Å². The van der Waals surface area contributed by atoms with Crippen molar-refractivity contribution in [3.63, 3.8) is 0 Å². The van der Waals surface area contributed by atoms with E-state index in [2.05, 4.69) is 29.4 Å². The molecular formula is C34H25NO2S. The third-order valence-corrected chi connectivity index (χ3v) is 7.80. The lowest BCUT2D eigenvalue weighted by Gasteiger charge is -2.25. The summed E-state index contributed by atoms with van der Waals surface area (Å²) in [7, 11) is 0. The van der Waals surface area contributed by atoms with Gasteiger partial charge in [-0.25, -0.2) is 0 Å². The van der Waals surface area contributed by atoms with Gasteiger partial charge in [0.1, 0.15) is 0 Å². The molecule has 0 unspecified atom stereocenters. The minimum absolute atomic E-state index is 0.122. The number of amides is 1. The van der Waals surface area contributed by atoms with Crippen LogP contribution in [0.1, 0.15) is 30.5 Å². The highest BCUT2D eigenvalue weighted by atomic mass is 32.2. The average Bonchev–Trinajstić information content (AvgIpc) is 3.42. The Bertz CT molecular complexity index is 1720. The predicted octanol–water partition coefficient (Wildman–Crippen LogP) is 7.09. The van der Waals surface area contributed by atoms with Crippen LogP contribution in [0.3, 0.4) is 0 Å². The van der Waals surface area contributed by atoms with E-state index in [0.29, 0.717) is 5.57 Å². The number of benzene rings is 4. The molecule has 0 spiro atoms. The van der Waals surface area contributed by atoms with E-state index in [4.69, 9.17) is 0 Å². The standard InChI is InChI=1S/C34H25NO2S/c1-22(2)35(20-11-21-38-25-16-7-4-8-17-25)34(37)32-31-27-19-10-15-23-14-9-18-26(28(23)27)30(31)29(33(32)36)24-12-5-3-6-13-24/h3-10,12-19,22H,20H2,1-2H3. The van der Waals surface area contributed by atoms with Crippen LogP contribution < -0.4 is 0 Å². The summed E-state index contributed by atoms with van der Waals surface area (Å²) in [6.45, 7) is 4.17. The maximum absolute atomic E-state index is 14.2. The summed E-state index contributed by atoms with van der Waals surface area (Å²) in [6.07, 6.45) is 0. The van der Waals surface area contributed by atoms with Crippen LogP contribution in [0.5, 0.6) is 0 Å². The van der Waals surface area contributed by atoms with Crippen molar-refractivity contribution in [3.05, 3.63) is 119 Å². The molecule has 4 aromatic rings. The van der Waals surface area contributed by atoms with E-state index in [1.807, 2.05) is 92.7 Å². The molecule has 1 amide bonds. The van der Waals surface area contributed by atoms with Gasteiger partial charge in [0.05, 0.1) is 12.1 Å². The first kappa shape index (κ1) is 24.0. The Labute approximate surface area is 226 Å². The lowest BCUT2D eigenvalue weighted by molar-refractivity contribution is -0.129. The summed E-state index contributed by atoms with van der Waals surface area (Å²) in [5.74, 6) is 2.66. The van der Waals surface area contributed by atoms with Crippen LogP contribution in [0.15, 0.2) is 108 Å². The van der Waals surface area contributed by atoms with E-state index in [9.17, 15) is 9.59 Å². The highest BCUT2D eigenvalue weighted by Crippen LogP contribution is 2.54. The second kappa shape index (κ2) is 9.85. The summed E-state index contributed by atoms with van der Waals surface area (Å²) in [5, 5.41) is 5.32. The smallest absolute Gasteiger partial charge is 0.259 e. The molecule has 38 heavy (non-hydrogen) atoms. The Kier molecular flexibility index (Phi) is 6.23. The van der Waals surface area contributed by atoms with E-state index in [-0.39, 0.29) is 29.9 Å². The molecule has 0 bridgehead atoms. The normalized spacial score (nSPS) is 13.7. The fourth-order valence-corrected chi connectivity index (χ4v) is 5.86. The number of carbonyl (C=O) groups is 2. The number of thioether (sulfide) groups is 1. The Hall–Kier alpha value is -4.33. The molecule has 0 N–H and O–H groups in total. The average molecular weight is 512 g/mol. The zero-order valence-corrected chi connectivity index (χ0v) is 22.0. The fourth-order valence-electron chi connectivity index (χ4n) is 5.32. The Morgan fingerprint density at radius 2 is 1.42 bits per heavy atom. The number of Topliss-reactive ketones (excluding diaryl/α,β-unsaturated/α-hetero) is 1. The molecule has 2 aliphatic carbocycles. The summed E-state index contributed by atoms with van der Waals surface area (Å²) >= 11 is 1.43. The Morgan fingerprint density at radius 1 is 0.789 bits per heavy atom. The third kappa shape index (κ3) is 3.97. The van der Waals surface area contributed by atoms with Gasteiger partial charge < -0.3 is 4.90 Å². The van der Waals surface area contributed by atoms with Crippen LogP contribution in [0, 0.1) is 11.2 Å². The van der Waals surface area contributed by atoms with Gasteiger partial charge in [-0.1, -0.05) is 90.8 Å². The number of rotatable bonds is 5. The van der Waals surface area contributed by atoms with Crippen molar-refractivity contribution < 1.29 is 9.59 Å². The number of fused-ring (bicyclic) bond motifs is 3. The molecule has 0 aromatic heterocycles. The van der Waals surface area contributed by atoms with Crippen LogP contribution in [0.2, 0.25) is 0 Å². The SMILES string of the molecule is CC(C)N(CC#CSc1ccccc1)C(=O)C1=C2C(=C(c3ccccc3)C1=O)c1cccc3cccc2c13. The van der Waals surface area contributed by atoms with Gasteiger partial charge in [0, 0.05) is 27.7 Å². The van der Waals surface area contributed by atoms with E-state index >= 15 is 0 Å². The number of hydrogen-bond acceptors (Lipinski definition) is 3. The topological polar surface area (TPSA) is 37.4 Å². The first-order valence-corrected chi connectivity index (χ1v) is 13.5. The van der Waals surface area contributed by atoms with Crippen molar-refractivity contribution in [2.24, 2.45) is 0 Å². The van der Waals surface area contributed by atoms with E-state index in [1.54, 1.807) is 4.90 Å². The highest BCUT2D eigenvalue weighted by molar-refractivity contribution is 8.03.